The summed E-state index contributed by atoms with van der Waals surface area (Å²) in [7, 11) is 3.71. The van der Waals surface area contributed by atoms with Gasteiger partial charge in [0, 0.05) is 20.5 Å². The highest BCUT2D eigenvalue weighted by molar-refractivity contribution is 5.75. The molecule has 1 amide bonds. The van der Waals surface area contributed by atoms with Crippen molar-refractivity contribution in [1.82, 2.24) is 4.90 Å². The first-order chi connectivity index (χ1) is 9.02. The fourth-order valence-corrected chi connectivity index (χ4v) is 5.62. The molecule has 0 aliphatic heterocycles. The maximum Gasteiger partial charge on any atom is 0.222 e. The molecular formula is C16H28N2O. The van der Waals surface area contributed by atoms with Crippen molar-refractivity contribution in [3.05, 3.63) is 0 Å². The van der Waals surface area contributed by atoms with E-state index < -0.39 is 0 Å². The van der Waals surface area contributed by atoms with Gasteiger partial charge < -0.3 is 10.6 Å². The predicted molar refractivity (Wildman–Crippen MR) is 76.5 cm³/mol. The number of hydrogen-bond donors (Lipinski definition) is 1. The smallest absolute Gasteiger partial charge is 0.222 e. The van der Waals surface area contributed by atoms with Gasteiger partial charge in [-0.15, -0.1) is 0 Å². The molecule has 19 heavy (non-hydrogen) atoms. The van der Waals surface area contributed by atoms with E-state index in [0.29, 0.717) is 24.3 Å². The van der Waals surface area contributed by atoms with Crippen LogP contribution >= 0.6 is 0 Å². The van der Waals surface area contributed by atoms with E-state index in [4.69, 9.17) is 5.73 Å². The van der Waals surface area contributed by atoms with Crippen LogP contribution in [0.3, 0.4) is 0 Å². The summed E-state index contributed by atoms with van der Waals surface area (Å²) in [6.45, 7) is 0.686. The summed E-state index contributed by atoms with van der Waals surface area (Å²) in [6.07, 6.45) is 9.08. The normalized spacial score (nSPS) is 41.3. The van der Waals surface area contributed by atoms with Crippen molar-refractivity contribution < 1.29 is 4.79 Å². The van der Waals surface area contributed by atoms with Crippen molar-refractivity contribution in [2.75, 3.05) is 20.6 Å². The van der Waals surface area contributed by atoms with Gasteiger partial charge in [-0.05, 0) is 74.2 Å². The van der Waals surface area contributed by atoms with Gasteiger partial charge in [0.15, 0.2) is 0 Å². The molecule has 0 radical (unpaired) electrons. The van der Waals surface area contributed by atoms with Crippen molar-refractivity contribution in [3.63, 3.8) is 0 Å². The second kappa shape index (κ2) is 4.76. The maximum atomic E-state index is 12.1. The molecule has 4 bridgehead atoms. The predicted octanol–water partition coefficient (Wildman–Crippen LogP) is 2.26. The Balaban J connectivity index is 1.77. The summed E-state index contributed by atoms with van der Waals surface area (Å²) < 4.78 is 0. The summed E-state index contributed by atoms with van der Waals surface area (Å²) in [6, 6.07) is 0. The molecule has 4 aliphatic rings. The van der Waals surface area contributed by atoms with E-state index in [1.807, 2.05) is 14.1 Å². The molecule has 4 rings (SSSR count). The minimum Gasteiger partial charge on any atom is -0.349 e. The standard InChI is InChI=1S/C16H28N2O/c1-18(2)15(19)6-14(10-17)16-7-11-3-12(8-16)5-13(4-11)9-16/h11-14H,3-10,17H2,1-2H3. The zero-order valence-electron chi connectivity index (χ0n) is 12.4. The van der Waals surface area contributed by atoms with Crippen LogP contribution in [0.2, 0.25) is 0 Å². The monoisotopic (exact) mass is 264 g/mol. The quantitative estimate of drug-likeness (QED) is 0.846. The molecular weight excluding hydrogens is 236 g/mol. The third-order valence-corrected chi connectivity index (χ3v) is 6.16. The number of hydrogen-bond acceptors (Lipinski definition) is 2. The van der Waals surface area contributed by atoms with E-state index in [0.717, 1.165) is 17.8 Å². The van der Waals surface area contributed by atoms with Gasteiger partial charge in [0.2, 0.25) is 5.91 Å². The van der Waals surface area contributed by atoms with Gasteiger partial charge in [0.05, 0.1) is 0 Å². The largest absolute Gasteiger partial charge is 0.349 e. The van der Waals surface area contributed by atoms with E-state index >= 15 is 0 Å². The summed E-state index contributed by atoms with van der Waals surface area (Å²) in [5.41, 5.74) is 6.48. The van der Waals surface area contributed by atoms with E-state index in [-0.39, 0.29) is 5.91 Å². The van der Waals surface area contributed by atoms with Crippen molar-refractivity contribution >= 4 is 5.91 Å². The second-order valence-corrected chi connectivity index (χ2v) is 7.70. The molecule has 0 aromatic heterocycles. The first-order valence-electron chi connectivity index (χ1n) is 7.92. The van der Waals surface area contributed by atoms with Crippen LogP contribution in [-0.4, -0.2) is 31.4 Å². The molecule has 0 saturated heterocycles. The summed E-state index contributed by atoms with van der Waals surface area (Å²) in [5.74, 6) is 3.49. The lowest BCUT2D eigenvalue weighted by Crippen LogP contribution is -2.52. The van der Waals surface area contributed by atoms with Crippen LogP contribution in [0.15, 0.2) is 0 Å². The van der Waals surface area contributed by atoms with Gasteiger partial charge >= 0.3 is 0 Å². The number of carbonyl (C=O) groups excluding carboxylic acids is 1. The van der Waals surface area contributed by atoms with Gasteiger partial charge in [0.25, 0.3) is 0 Å². The van der Waals surface area contributed by atoms with Crippen LogP contribution in [0, 0.1) is 29.1 Å². The molecule has 1 atom stereocenters. The highest BCUT2D eigenvalue weighted by atomic mass is 16.2. The molecule has 4 fully saturated rings. The SMILES string of the molecule is CN(C)C(=O)CC(CN)C12CC3CC(CC(C3)C1)C2. The Hall–Kier alpha value is -0.570. The summed E-state index contributed by atoms with van der Waals surface area (Å²) in [5, 5.41) is 0. The summed E-state index contributed by atoms with van der Waals surface area (Å²) in [4.78, 5) is 13.8. The third-order valence-electron chi connectivity index (χ3n) is 6.16. The molecule has 0 aromatic rings. The van der Waals surface area contributed by atoms with E-state index in [1.54, 1.807) is 4.90 Å². The lowest BCUT2D eigenvalue weighted by atomic mass is 9.46. The van der Waals surface area contributed by atoms with Crippen molar-refractivity contribution in [2.45, 2.75) is 44.9 Å². The fourth-order valence-electron chi connectivity index (χ4n) is 5.62. The average Bonchev–Trinajstić information content (AvgIpc) is 2.33. The Kier molecular flexibility index (Phi) is 3.36. The molecule has 0 aromatic carbocycles. The number of rotatable bonds is 4. The molecule has 3 nitrogen and oxygen atoms in total. The Morgan fingerprint density at radius 2 is 1.63 bits per heavy atom. The fraction of sp³-hybridized carbons (Fsp3) is 0.938. The topological polar surface area (TPSA) is 46.3 Å². The van der Waals surface area contributed by atoms with Crippen molar-refractivity contribution in [3.8, 4) is 0 Å². The highest BCUT2D eigenvalue weighted by Gasteiger charge is 2.53. The molecule has 0 spiro atoms. The first kappa shape index (κ1) is 13.4. The average molecular weight is 264 g/mol. The second-order valence-electron chi connectivity index (χ2n) is 7.70. The first-order valence-corrected chi connectivity index (χ1v) is 7.92. The Bertz CT molecular complexity index is 328. The molecule has 108 valence electrons. The Morgan fingerprint density at radius 1 is 1.16 bits per heavy atom. The minimum absolute atomic E-state index is 0.256. The molecule has 4 aliphatic carbocycles. The van der Waals surface area contributed by atoms with Gasteiger partial charge in [0.1, 0.15) is 0 Å². The zero-order chi connectivity index (χ0) is 13.6. The molecule has 2 N–H and O–H groups in total. The third kappa shape index (κ3) is 2.31. The Morgan fingerprint density at radius 3 is 2.00 bits per heavy atom. The van der Waals surface area contributed by atoms with Crippen LogP contribution in [0.25, 0.3) is 0 Å². The number of amides is 1. The van der Waals surface area contributed by atoms with Crippen molar-refractivity contribution in [1.29, 1.82) is 0 Å². The molecule has 0 heterocycles. The lowest BCUT2D eigenvalue weighted by Gasteiger charge is -2.59. The zero-order valence-corrected chi connectivity index (χ0v) is 12.4. The number of carbonyl (C=O) groups is 1. The van der Waals surface area contributed by atoms with Crippen LogP contribution < -0.4 is 5.73 Å². The van der Waals surface area contributed by atoms with Crippen LogP contribution in [0.5, 0.6) is 0 Å². The minimum atomic E-state index is 0.256. The molecule has 1 unspecified atom stereocenters. The van der Waals surface area contributed by atoms with Crippen LogP contribution in [-0.2, 0) is 4.79 Å². The van der Waals surface area contributed by atoms with E-state index in [9.17, 15) is 4.79 Å². The van der Waals surface area contributed by atoms with E-state index in [1.165, 1.54) is 38.5 Å². The van der Waals surface area contributed by atoms with Gasteiger partial charge in [-0.2, -0.15) is 0 Å². The number of nitrogens with two attached hydrogens (primary N) is 1. The van der Waals surface area contributed by atoms with Gasteiger partial charge in [-0.25, -0.2) is 0 Å². The Labute approximate surface area is 116 Å². The molecule has 3 heteroatoms. The number of nitrogens with zero attached hydrogens (tertiary/aromatic N) is 1. The van der Waals surface area contributed by atoms with Gasteiger partial charge in [-0.1, -0.05) is 0 Å². The van der Waals surface area contributed by atoms with Crippen molar-refractivity contribution in [2.24, 2.45) is 34.8 Å². The highest BCUT2D eigenvalue weighted by Crippen LogP contribution is 2.63. The lowest BCUT2D eigenvalue weighted by molar-refractivity contribution is -0.135. The van der Waals surface area contributed by atoms with E-state index in [2.05, 4.69) is 0 Å². The maximum absolute atomic E-state index is 12.1. The molecule has 4 saturated carbocycles. The van der Waals surface area contributed by atoms with Crippen LogP contribution in [0.4, 0.5) is 0 Å². The van der Waals surface area contributed by atoms with Gasteiger partial charge in [-0.3, -0.25) is 4.79 Å². The summed E-state index contributed by atoms with van der Waals surface area (Å²) >= 11 is 0. The van der Waals surface area contributed by atoms with Crippen LogP contribution in [0.1, 0.15) is 44.9 Å².